The van der Waals surface area contributed by atoms with Crippen LogP contribution in [0, 0.1) is 18.8 Å². The van der Waals surface area contributed by atoms with Gasteiger partial charge in [0.15, 0.2) is 0 Å². The maximum atomic E-state index is 12.6. The summed E-state index contributed by atoms with van der Waals surface area (Å²) in [7, 11) is -2.74. The quantitative estimate of drug-likeness (QED) is 0.611. The number of hydrogen-bond donors (Lipinski definition) is 3. The highest BCUT2D eigenvalue weighted by Gasteiger charge is 2.63. The van der Waals surface area contributed by atoms with Gasteiger partial charge in [-0.05, 0) is 38.6 Å². The number of rotatable bonds is 7. The normalized spacial score (nSPS) is 17.3. The third-order valence-electron chi connectivity index (χ3n) is 5.90. The van der Waals surface area contributed by atoms with Crippen LogP contribution in [0.5, 0.6) is 0 Å². The monoisotopic (exact) mass is 387 g/mol. The van der Waals surface area contributed by atoms with Crippen molar-refractivity contribution < 1.29 is 14.4 Å². The van der Waals surface area contributed by atoms with Gasteiger partial charge in [-0.1, -0.05) is 27.7 Å². The van der Waals surface area contributed by atoms with Gasteiger partial charge in [0.1, 0.15) is 5.28 Å². The van der Waals surface area contributed by atoms with Gasteiger partial charge >= 0.3 is 13.3 Å². The van der Waals surface area contributed by atoms with Gasteiger partial charge in [0.25, 0.3) is 5.56 Å². The van der Waals surface area contributed by atoms with E-state index in [-0.39, 0.29) is 18.4 Å². The molecule has 0 aromatic carbocycles. The summed E-state index contributed by atoms with van der Waals surface area (Å²) in [4.78, 5) is 48.4. The molecule has 1 heterocycles. The number of nitrogens with zero attached hydrogens (tertiary/aromatic N) is 2. The van der Waals surface area contributed by atoms with E-state index in [1.807, 2.05) is 32.6 Å². The third kappa shape index (κ3) is 3.24. The smallest absolute Gasteiger partial charge is 0.323 e. The van der Waals surface area contributed by atoms with Crippen molar-refractivity contribution in [2.45, 2.75) is 64.8 Å². The molecule has 0 bridgehead atoms. The Bertz CT molecular complexity index is 824. The molecule has 0 saturated heterocycles. The Labute approximate surface area is 153 Å². The summed E-state index contributed by atoms with van der Waals surface area (Å²) in [5.41, 5.74) is -1.02. The SMILES string of the molecule is Cc1cn(CC2(N(C)C(C(C)C)(C(C)C)P(=O)(O)O)CC2)c(=O)[nH]c1=O. The fraction of sp³-hybridized carbons (Fsp3) is 0.765. The molecule has 8 nitrogen and oxygen atoms in total. The zero-order chi connectivity index (χ0) is 20.1. The molecule has 9 heteroatoms. The number of aryl methyl sites for hydroxylation is 1. The molecule has 1 saturated carbocycles. The van der Waals surface area contributed by atoms with Gasteiger partial charge < -0.3 is 9.79 Å². The maximum absolute atomic E-state index is 12.6. The molecule has 0 unspecified atom stereocenters. The molecule has 1 aliphatic rings. The molecular weight excluding hydrogens is 357 g/mol. The lowest BCUT2D eigenvalue weighted by molar-refractivity contribution is 0.0193. The van der Waals surface area contributed by atoms with E-state index in [0.717, 1.165) is 12.8 Å². The first-order valence-electron chi connectivity index (χ1n) is 8.89. The van der Waals surface area contributed by atoms with Crippen molar-refractivity contribution in [2.24, 2.45) is 11.8 Å². The molecule has 0 atom stereocenters. The Kier molecular flexibility index (Phi) is 5.48. The second-order valence-corrected chi connectivity index (χ2v) is 9.92. The molecule has 1 fully saturated rings. The van der Waals surface area contributed by atoms with Gasteiger partial charge in [0.05, 0.1) is 0 Å². The van der Waals surface area contributed by atoms with E-state index in [9.17, 15) is 23.9 Å². The topological polar surface area (TPSA) is 116 Å². The first-order valence-corrected chi connectivity index (χ1v) is 10.5. The van der Waals surface area contributed by atoms with Crippen LogP contribution in [-0.4, -0.2) is 42.1 Å². The highest BCUT2D eigenvalue weighted by Crippen LogP contribution is 2.64. The van der Waals surface area contributed by atoms with E-state index in [0.29, 0.717) is 5.56 Å². The second-order valence-electron chi connectivity index (χ2n) is 8.12. The van der Waals surface area contributed by atoms with E-state index in [1.165, 1.54) is 10.8 Å². The number of hydrogen-bond acceptors (Lipinski definition) is 4. The van der Waals surface area contributed by atoms with Gasteiger partial charge in [-0.15, -0.1) is 0 Å². The van der Waals surface area contributed by atoms with Crippen LogP contribution in [0.15, 0.2) is 15.8 Å². The Balaban J connectivity index is 2.51. The van der Waals surface area contributed by atoms with Crippen molar-refractivity contribution >= 4 is 7.60 Å². The number of aromatic amines is 1. The first-order chi connectivity index (χ1) is 11.8. The number of aromatic nitrogens is 2. The van der Waals surface area contributed by atoms with Gasteiger partial charge in [-0.25, -0.2) is 4.79 Å². The lowest BCUT2D eigenvalue weighted by Crippen LogP contribution is -2.60. The van der Waals surface area contributed by atoms with E-state index in [1.54, 1.807) is 14.0 Å². The Morgan fingerprint density at radius 1 is 1.27 bits per heavy atom. The summed E-state index contributed by atoms with van der Waals surface area (Å²) in [6.07, 6.45) is 2.98. The van der Waals surface area contributed by atoms with Crippen LogP contribution in [0.1, 0.15) is 46.1 Å². The van der Waals surface area contributed by atoms with Gasteiger partial charge in [-0.3, -0.25) is 23.8 Å². The minimum atomic E-state index is -4.48. The van der Waals surface area contributed by atoms with E-state index in [4.69, 9.17) is 0 Å². The van der Waals surface area contributed by atoms with Crippen molar-refractivity contribution in [3.8, 4) is 0 Å². The number of nitrogens with one attached hydrogen (secondary N) is 1. The van der Waals surface area contributed by atoms with Crippen molar-refractivity contribution in [1.29, 1.82) is 0 Å². The van der Waals surface area contributed by atoms with Crippen molar-refractivity contribution in [2.75, 3.05) is 7.05 Å². The molecule has 0 amide bonds. The highest BCUT2D eigenvalue weighted by molar-refractivity contribution is 7.53. The standard InChI is InChI=1S/C17H30N3O5P/c1-11(2)17(12(3)4,26(23,24)25)19(6)16(7-8-16)10-20-9-13(5)14(21)18-15(20)22/h9,11-12H,7-8,10H2,1-6H3,(H,18,21,22)(H2,23,24,25). The zero-order valence-corrected chi connectivity index (χ0v) is 17.2. The molecule has 1 aliphatic carbocycles. The molecule has 0 radical (unpaired) electrons. The average molecular weight is 387 g/mol. The van der Waals surface area contributed by atoms with Crippen molar-refractivity contribution in [3.63, 3.8) is 0 Å². The minimum absolute atomic E-state index is 0.279. The van der Waals surface area contributed by atoms with Gasteiger partial charge in [-0.2, -0.15) is 0 Å². The summed E-state index contributed by atoms with van der Waals surface area (Å²) < 4.78 is 14.0. The molecule has 0 aliphatic heterocycles. The van der Waals surface area contributed by atoms with Crippen molar-refractivity contribution in [1.82, 2.24) is 14.5 Å². The Morgan fingerprint density at radius 2 is 1.77 bits per heavy atom. The van der Waals surface area contributed by atoms with Crippen LogP contribution in [0.2, 0.25) is 0 Å². The number of likely N-dealkylation sites (N-methyl/N-ethyl adjacent to an activating group) is 1. The second kappa shape index (κ2) is 6.75. The predicted octanol–water partition coefficient (Wildman–Crippen LogP) is 1.50. The lowest BCUT2D eigenvalue weighted by Gasteiger charge is -2.51. The molecule has 1 aromatic heterocycles. The van der Waals surface area contributed by atoms with Crippen LogP contribution in [0.4, 0.5) is 0 Å². The van der Waals surface area contributed by atoms with Gasteiger partial charge in [0.2, 0.25) is 0 Å². The van der Waals surface area contributed by atoms with E-state index < -0.39 is 29.7 Å². The lowest BCUT2D eigenvalue weighted by atomic mass is 9.89. The molecule has 3 N–H and O–H groups in total. The first kappa shape index (κ1) is 21.1. The number of H-pyrrole nitrogens is 1. The Hall–Kier alpha value is -1.21. The summed E-state index contributed by atoms with van der Waals surface area (Å²) >= 11 is 0. The van der Waals surface area contributed by atoms with Crippen LogP contribution < -0.4 is 11.2 Å². The van der Waals surface area contributed by atoms with Crippen LogP contribution in [0.3, 0.4) is 0 Å². The zero-order valence-electron chi connectivity index (χ0n) is 16.3. The molecule has 148 valence electrons. The molecular formula is C17H30N3O5P. The van der Waals surface area contributed by atoms with E-state index in [2.05, 4.69) is 4.98 Å². The van der Waals surface area contributed by atoms with Crippen LogP contribution in [0.25, 0.3) is 0 Å². The summed E-state index contributed by atoms with van der Waals surface area (Å²) in [6, 6.07) is 0. The van der Waals surface area contributed by atoms with Gasteiger partial charge in [0, 0.05) is 23.8 Å². The molecule has 26 heavy (non-hydrogen) atoms. The minimum Gasteiger partial charge on any atom is -0.323 e. The van der Waals surface area contributed by atoms with Crippen LogP contribution >= 0.6 is 7.60 Å². The molecule has 2 rings (SSSR count). The summed E-state index contributed by atoms with van der Waals surface area (Å²) in [5, 5.41) is -1.33. The van der Waals surface area contributed by atoms with Crippen LogP contribution in [-0.2, 0) is 11.1 Å². The van der Waals surface area contributed by atoms with Crippen molar-refractivity contribution in [3.05, 3.63) is 32.6 Å². The molecule has 1 aromatic rings. The Morgan fingerprint density at radius 3 is 2.15 bits per heavy atom. The highest BCUT2D eigenvalue weighted by atomic mass is 31.2. The third-order valence-corrected chi connectivity index (χ3v) is 8.16. The summed E-state index contributed by atoms with van der Waals surface area (Å²) in [6.45, 7) is 9.19. The van der Waals surface area contributed by atoms with E-state index >= 15 is 0 Å². The maximum Gasteiger partial charge on any atom is 0.346 e. The predicted molar refractivity (Wildman–Crippen MR) is 100 cm³/mol. The summed E-state index contributed by atoms with van der Waals surface area (Å²) in [5.74, 6) is -0.584. The fourth-order valence-electron chi connectivity index (χ4n) is 4.49. The molecule has 0 spiro atoms. The average Bonchev–Trinajstić information content (AvgIpc) is 3.23. The largest absolute Gasteiger partial charge is 0.346 e. The fourth-order valence-corrected chi connectivity index (χ4v) is 6.43.